The first kappa shape index (κ1) is 12.4. The summed E-state index contributed by atoms with van der Waals surface area (Å²) >= 11 is 0. The van der Waals surface area contributed by atoms with Gasteiger partial charge in [0.2, 0.25) is 0 Å². The van der Waals surface area contributed by atoms with Gasteiger partial charge < -0.3 is 10.2 Å². The van der Waals surface area contributed by atoms with E-state index in [0.717, 1.165) is 18.8 Å². The smallest absolute Gasteiger partial charge is 0.0991 e. The average molecular weight is 240 g/mol. The first-order valence-electron chi connectivity index (χ1n) is 6.12. The molecule has 1 N–H and O–H groups in total. The van der Waals surface area contributed by atoms with Gasteiger partial charge in [-0.25, -0.2) is 0 Å². The van der Waals surface area contributed by atoms with Gasteiger partial charge >= 0.3 is 0 Å². The number of benzene rings is 1. The number of hydrogen-bond donors (Lipinski definition) is 1. The first-order valence-corrected chi connectivity index (χ1v) is 6.12. The van der Waals surface area contributed by atoms with Crippen molar-refractivity contribution in [1.29, 1.82) is 10.5 Å². The summed E-state index contributed by atoms with van der Waals surface area (Å²) in [5.41, 5.74) is 1.75. The molecular formula is C14H16N4. The van der Waals surface area contributed by atoms with E-state index in [-0.39, 0.29) is 6.04 Å². The Hall–Kier alpha value is -2.04. The number of rotatable bonds is 2. The molecule has 1 heterocycles. The standard InChI is InChI=1S/C14H16N4/c1-11-9-17-10-14(6-7-15)18(11)13-4-2-12(8-16)3-5-13/h2-5,11,14,17H,6,9-10H2,1H3. The van der Waals surface area contributed by atoms with Gasteiger partial charge in [0.15, 0.2) is 0 Å². The van der Waals surface area contributed by atoms with Gasteiger partial charge in [-0.1, -0.05) is 0 Å². The van der Waals surface area contributed by atoms with Crippen molar-refractivity contribution in [3.63, 3.8) is 0 Å². The minimum atomic E-state index is 0.201. The van der Waals surface area contributed by atoms with Crippen LogP contribution in [0.5, 0.6) is 0 Å². The fourth-order valence-corrected chi connectivity index (χ4v) is 2.46. The molecule has 18 heavy (non-hydrogen) atoms. The highest BCUT2D eigenvalue weighted by atomic mass is 15.2. The van der Waals surface area contributed by atoms with Crippen molar-refractivity contribution in [3.05, 3.63) is 29.8 Å². The van der Waals surface area contributed by atoms with E-state index in [0.29, 0.717) is 18.0 Å². The lowest BCUT2D eigenvalue weighted by Crippen LogP contribution is -2.56. The van der Waals surface area contributed by atoms with Gasteiger partial charge in [0.05, 0.1) is 30.2 Å². The molecule has 4 heteroatoms. The fourth-order valence-electron chi connectivity index (χ4n) is 2.46. The molecule has 0 spiro atoms. The summed E-state index contributed by atoms with van der Waals surface area (Å²) in [6.07, 6.45) is 0.511. The minimum Gasteiger partial charge on any atom is -0.362 e. The Morgan fingerprint density at radius 3 is 2.61 bits per heavy atom. The van der Waals surface area contributed by atoms with Gasteiger partial charge in [0.25, 0.3) is 0 Å². The normalized spacial score (nSPS) is 23.2. The summed E-state index contributed by atoms with van der Waals surface area (Å²) in [7, 11) is 0. The van der Waals surface area contributed by atoms with E-state index in [4.69, 9.17) is 10.5 Å². The Balaban J connectivity index is 2.26. The molecule has 1 aliphatic rings. The zero-order valence-corrected chi connectivity index (χ0v) is 10.4. The number of nitrogens with one attached hydrogen (secondary N) is 1. The molecule has 0 saturated carbocycles. The van der Waals surface area contributed by atoms with Gasteiger partial charge in [0.1, 0.15) is 0 Å². The Morgan fingerprint density at radius 2 is 2.00 bits per heavy atom. The zero-order valence-electron chi connectivity index (χ0n) is 10.4. The van der Waals surface area contributed by atoms with E-state index in [9.17, 15) is 0 Å². The van der Waals surface area contributed by atoms with Crippen LogP contribution in [0.1, 0.15) is 18.9 Å². The lowest BCUT2D eigenvalue weighted by atomic mass is 10.0. The summed E-state index contributed by atoms with van der Waals surface area (Å²) in [6.45, 7) is 3.90. The molecule has 2 atom stereocenters. The van der Waals surface area contributed by atoms with Crippen molar-refractivity contribution in [2.24, 2.45) is 0 Å². The summed E-state index contributed by atoms with van der Waals surface area (Å²) in [5, 5.41) is 21.1. The summed E-state index contributed by atoms with van der Waals surface area (Å²) in [6, 6.07) is 12.5. The van der Waals surface area contributed by atoms with Crippen LogP contribution in [0.25, 0.3) is 0 Å². The van der Waals surface area contributed by atoms with Crippen molar-refractivity contribution < 1.29 is 0 Å². The van der Waals surface area contributed by atoms with Crippen LogP contribution in [0, 0.1) is 22.7 Å². The maximum atomic E-state index is 8.90. The topological polar surface area (TPSA) is 62.9 Å². The van der Waals surface area contributed by atoms with Crippen LogP contribution in [0.2, 0.25) is 0 Å². The molecule has 0 aromatic heterocycles. The van der Waals surface area contributed by atoms with Crippen molar-refractivity contribution in [2.45, 2.75) is 25.4 Å². The molecule has 1 aromatic rings. The van der Waals surface area contributed by atoms with Crippen LogP contribution in [0.4, 0.5) is 5.69 Å². The molecule has 1 aliphatic heterocycles. The third-order valence-electron chi connectivity index (χ3n) is 3.31. The molecule has 2 rings (SSSR count). The second-order valence-electron chi connectivity index (χ2n) is 4.59. The maximum Gasteiger partial charge on any atom is 0.0991 e. The third-order valence-corrected chi connectivity index (χ3v) is 3.31. The molecule has 1 saturated heterocycles. The number of nitrogens with zero attached hydrogens (tertiary/aromatic N) is 3. The van der Waals surface area contributed by atoms with Gasteiger partial charge in [-0.05, 0) is 31.2 Å². The van der Waals surface area contributed by atoms with E-state index >= 15 is 0 Å². The third kappa shape index (κ3) is 2.45. The van der Waals surface area contributed by atoms with Gasteiger partial charge in [-0.2, -0.15) is 10.5 Å². The predicted molar refractivity (Wildman–Crippen MR) is 70.0 cm³/mol. The Kier molecular flexibility index (Phi) is 3.82. The largest absolute Gasteiger partial charge is 0.362 e. The van der Waals surface area contributed by atoms with Crippen LogP contribution in [-0.2, 0) is 0 Å². The number of anilines is 1. The quantitative estimate of drug-likeness (QED) is 0.853. The highest BCUT2D eigenvalue weighted by Crippen LogP contribution is 2.23. The highest BCUT2D eigenvalue weighted by Gasteiger charge is 2.27. The van der Waals surface area contributed by atoms with Gasteiger partial charge in [0, 0.05) is 24.8 Å². The van der Waals surface area contributed by atoms with Crippen LogP contribution in [0.3, 0.4) is 0 Å². The van der Waals surface area contributed by atoms with E-state index in [1.165, 1.54) is 0 Å². The second-order valence-corrected chi connectivity index (χ2v) is 4.59. The predicted octanol–water partition coefficient (Wildman–Crippen LogP) is 1.64. The Bertz CT molecular complexity index is 480. The summed E-state index contributed by atoms with van der Waals surface area (Å²) < 4.78 is 0. The lowest BCUT2D eigenvalue weighted by Gasteiger charge is -2.42. The van der Waals surface area contributed by atoms with E-state index in [1.54, 1.807) is 0 Å². The van der Waals surface area contributed by atoms with Crippen molar-refractivity contribution in [3.8, 4) is 12.1 Å². The number of piperazine rings is 1. The van der Waals surface area contributed by atoms with Gasteiger partial charge in [-0.15, -0.1) is 0 Å². The van der Waals surface area contributed by atoms with Crippen LogP contribution < -0.4 is 10.2 Å². The Morgan fingerprint density at radius 1 is 1.28 bits per heavy atom. The van der Waals surface area contributed by atoms with E-state index < -0.39 is 0 Å². The molecule has 1 fully saturated rings. The zero-order chi connectivity index (χ0) is 13.0. The second kappa shape index (κ2) is 5.53. The number of nitriles is 2. The van der Waals surface area contributed by atoms with Crippen molar-refractivity contribution >= 4 is 5.69 Å². The monoisotopic (exact) mass is 240 g/mol. The fraction of sp³-hybridized carbons (Fsp3) is 0.429. The molecule has 4 nitrogen and oxygen atoms in total. The van der Waals surface area contributed by atoms with Crippen LogP contribution in [0.15, 0.2) is 24.3 Å². The number of hydrogen-bond acceptors (Lipinski definition) is 4. The van der Waals surface area contributed by atoms with Crippen LogP contribution in [-0.4, -0.2) is 25.2 Å². The molecule has 1 aromatic carbocycles. The van der Waals surface area contributed by atoms with E-state index in [1.807, 2.05) is 24.3 Å². The van der Waals surface area contributed by atoms with Crippen molar-refractivity contribution in [1.82, 2.24) is 5.32 Å². The summed E-state index contributed by atoms with van der Waals surface area (Å²) in [5.74, 6) is 0. The maximum absolute atomic E-state index is 8.90. The minimum absolute atomic E-state index is 0.201. The molecule has 0 radical (unpaired) electrons. The summed E-state index contributed by atoms with van der Waals surface area (Å²) in [4.78, 5) is 2.28. The van der Waals surface area contributed by atoms with Gasteiger partial charge in [-0.3, -0.25) is 0 Å². The lowest BCUT2D eigenvalue weighted by molar-refractivity contribution is 0.417. The van der Waals surface area contributed by atoms with E-state index in [2.05, 4.69) is 29.3 Å². The highest BCUT2D eigenvalue weighted by molar-refractivity contribution is 5.52. The molecule has 0 bridgehead atoms. The SMILES string of the molecule is CC1CNCC(CC#N)N1c1ccc(C#N)cc1. The Labute approximate surface area is 107 Å². The average Bonchev–Trinajstić information content (AvgIpc) is 2.40. The molecule has 0 aliphatic carbocycles. The molecule has 2 unspecified atom stereocenters. The molecule has 0 amide bonds. The molecule has 92 valence electrons. The first-order chi connectivity index (χ1) is 8.76. The molecular weight excluding hydrogens is 224 g/mol. The van der Waals surface area contributed by atoms with Crippen LogP contribution >= 0.6 is 0 Å². The van der Waals surface area contributed by atoms with Crippen molar-refractivity contribution in [2.75, 3.05) is 18.0 Å².